The Kier molecular flexibility index (Phi) is 3.94. The zero-order valence-corrected chi connectivity index (χ0v) is 3.65. The molecule has 0 N–H and O–H groups in total. The van der Waals surface area contributed by atoms with Crippen molar-refractivity contribution in [2.75, 3.05) is 0 Å². The van der Waals surface area contributed by atoms with Crippen molar-refractivity contribution >= 4 is 0 Å². The fourth-order valence-electron chi connectivity index (χ4n) is 0.176. The van der Waals surface area contributed by atoms with Gasteiger partial charge in [0.1, 0.15) is 6.26 Å². The zero-order chi connectivity index (χ0) is 3.54. The summed E-state index contributed by atoms with van der Waals surface area (Å²) in [4.78, 5) is 0. The number of hydrogen-bond acceptors (Lipinski definition) is 2. The van der Waals surface area contributed by atoms with E-state index in [9.17, 15) is 0 Å². The third kappa shape index (κ3) is 1.80. The van der Waals surface area contributed by atoms with Crippen LogP contribution in [0.2, 0.25) is 0 Å². The quantitative estimate of drug-likeness (QED) is 0.489. The van der Waals surface area contributed by atoms with Gasteiger partial charge in [0, 0.05) is 37.7 Å². The van der Waals surface area contributed by atoms with Crippen molar-refractivity contribution in [2.24, 2.45) is 0 Å². The summed E-state index contributed by atoms with van der Waals surface area (Å²) in [5.74, 6) is 0. The third-order valence-corrected chi connectivity index (χ3v) is 0.347. The van der Waals surface area contributed by atoms with E-state index in [2.05, 4.69) is 9.68 Å². The van der Waals surface area contributed by atoms with E-state index in [0.29, 0.717) is 0 Å². The molecule has 0 saturated carbocycles. The molecule has 3 heteroatoms. The first-order valence-corrected chi connectivity index (χ1v) is 1.34. The van der Waals surface area contributed by atoms with Crippen molar-refractivity contribution < 1.29 is 42.3 Å². The molecule has 0 fully saturated rings. The molecule has 0 saturated heterocycles. The average molecular weight is 109 g/mol. The molecule has 1 heterocycles. The smallest absolute Gasteiger partial charge is 0.123 e. The summed E-state index contributed by atoms with van der Waals surface area (Å²) in [5, 5.41) is 3.35. The van der Waals surface area contributed by atoms with Gasteiger partial charge in [0.25, 0.3) is 0 Å². The van der Waals surface area contributed by atoms with Crippen LogP contribution in [0.1, 0.15) is 0 Å². The molecule has 0 unspecified atom stereocenters. The largest absolute Gasteiger partial charge is 0.365 e. The second-order valence-corrected chi connectivity index (χ2v) is 0.688. The summed E-state index contributed by atoms with van der Waals surface area (Å²) >= 11 is 0. The molecule has 1 aromatic rings. The Morgan fingerprint density at radius 1 is 1.50 bits per heavy atom. The number of hydrogen-bond donors (Lipinski definition) is 0. The van der Waals surface area contributed by atoms with Crippen molar-refractivity contribution in [3.05, 3.63) is 18.5 Å². The molecule has 0 amide bonds. The molecule has 1 aromatic heterocycles. The molecule has 34 valence electrons. The van der Waals surface area contributed by atoms with Gasteiger partial charge in [-0.2, -0.15) is 0 Å². The molecule has 0 aliphatic rings. The van der Waals surface area contributed by atoms with E-state index in [4.69, 9.17) is 0 Å². The van der Waals surface area contributed by atoms with Crippen LogP contribution in [-0.2, 0) is 0 Å². The van der Waals surface area contributed by atoms with Gasteiger partial charge in [-0.3, -0.25) is 0 Å². The molecule has 1 rings (SSSR count). The van der Waals surface area contributed by atoms with Crippen molar-refractivity contribution in [1.29, 1.82) is 0 Å². The Hall–Kier alpha value is 0.470. The van der Waals surface area contributed by atoms with Gasteiger partial charge >= 0.3 is 0 Å². The Bertz CT molecular complexity index is 67.3. The van der Waals surface area contributed by atoms with Crippen LogP contribution in [0.3, 0.4) is 0 Å². The topological polar surface area (TPSA) is 26.0 Å². The van der Waals surface area contributed by atoms with Crippen molar-refractivity contribution in [3.63, 3.8) is 0 Å². The molecular weight excluding hydrogens is 106 g/mol. The normalized spacial score (nSPS) is 6.67. The standard InChI is InChI=1S/C3H3NO.Ar/c1-2-4-5-3-1;/h1-3H;. The maximum atomic E-state index is 4.33. The fraction of sp³-hybridized carbons (Fsp3) is 0. The summed E-state index contributed by atoms with van der Waals surface area (Å²) in [6.07, 6.45) is 3.10. The fourth-order valence-corrected chi connectivity index (χ4v) is 0.176. The van der Waals surface area contributed by atoms with Gasteiger partial charge in [-0.05, 0) is 6.07 Å². The predicted octanol–water partition coefficient (Wildman–Crippen LogP) is 0.675. The Morgan fingerprint density at radius 3 is 2.50 bits per heavy atom. The molecule has 0 radical (unpaired) electrons. The summed E-state index contributed by atoms with van der Waals surface area (Å²) < 4.78 is 4.33. The second kappa shape index (κ2) is 3.65. The van der Waals surface area contributed by atoms with Crippen LogP contribution in [0.5, 0.6) is 0 Å². The van der Waals surface area contributed by atoms with Gasteiger partial charge in [-0.25, -0.2) is 0 Å². The molecule has 0 aliphatic carbocycles. The third-order valence-electron chi connectivity index (χ3n) is 0.347. The second-order valence-electron chi connectivity index (χ2n) is 0.688. The van der Waals surface area contributed by atoms with Crippen LogP contribution in [-0.4, -0.2) is 5.16 Å². The van der Waals surface area contributed by atoms with Crippen LogP contribution < -0.4 is 0 Å². The molecule has 6 heavy (non-hydrogen) atoms. The van der Waals surface area contributed by atoms with Crippen molar-refractivity contribution in [1.82, 2.24) is 5.16 Å². The van der Waals surface area contributed by atoms with Crippen LogP contribution in [0.4, 0.5) is 0 Å². The van der Waals surface area contributed by atoms with E-state index in [-0.39, 0.29) is 37.7 Å². The minimum Gasteiger partial charge on any atom is -0.365 e. The molecule has 0 aromatic carbocycles. The van der Waals surface area contributed by atoms with Gasteiger partial charge < -0.3 is 4.52 Å². The van der Waals surface area contributed by atoms with Gasteiger partial charge in [-0.1, -0.05) is 5.16 Å². The van der Waals surface area contributed by atoms with E-state index >= 15 is 0 Å². The summed E-state index contributed by atoms with van der Waals surface area (Å²) in [6.45, 7) is 0. The van der Waals surface area contributed by atoms with Crippen LogP contribution in [0, 0.1) is 37.7 Å². The van der Waals surface area contributed by atoms with Crippen molar-refractivity contribution in [2.45, 2.75) is 0 Å². The molecule has 2 nitrogen and oxygen atoms in total. The minimum atomic E-state index is 0. The molecule has 0 spiro atoms. The summed E-state index contributed by atoms with van der Waals surface area (Å²) in [7, 11) is 0. The zero-order valence-electron chi connectivity index (χ0n) is 2.94. The molecular formula is C3H3ArNO. The van der Waals surface area contributed by atoms with E-state index in [1.54, 1.807) is 12.3 Å². The first-order valence-electron chi connectivity index (χ1n) is 1.34. The molecule has 0 bridgehead atoms. The van der Waals surface area contributed by atoms with Crippen LogP contribution in [0.15, 0.2) is 23.0 Å². The Balaban J connectivity index is 0.000000250. The minimum absolute atomic E-state index is 0. The van der Waals surface area contributed by atoms with Gasteiger partial charge in [-0.15, -0.1) is 0 Å². The van der Waals surface area contributed by atoms with Crippen molar-refractivity contribution in [3.8, 4) is 0 Å². The molecule has 0 atom stereocenters. The van der Waals surface area contributed by atoms with E-state index in [1.165, 1.54) is 6.26 Å². The number of aromatic nitrogens is 1. The number of nitrogens with zero attached hydrogens (tertiary/aromatic N) is 1. The van der Waals surface area contributed by atoms with Gasteiger partial charge in [0.05, 0.1) is 6.20 Å². The summed E-state index contributed by atoms with van der Waals surface area (Å²) in [6, 6.07) is 1.72. The SMILES string of the molecule is [Ar].c1cnoc1. The first kappa shape index (κ1) is 6.47. The number of rotatable bonds is 0. The maximum Gasteiger partial charge on any atom is 0.123 e. The first-order chi connectivity index (χ1) is 2.50. The average Bonchev–Trinajstić information content (AvgIpc) is 1.76. The van der Waals surface area contributed by atoms with Crippen LogP contribution >= 0.6 is 0 Å². The van der Waals surface area contributed by atoms with Crippen LogP contribution in [0.25, 0.3) is 0 Å². The van der Waals surface area contributed by atoms with E-state index in [1.807, 2.05) is 0 Å². The Labute approximate surface area is 65.5 Å². The maximum absolute atomic E-state index is 4.33. The Morgan fingerprint density at radius 2 is 2.33 bits per heavy atom. The van der Waals surface area contributed by atoms with Gasteiger partial charge in [0.2, 0.25) is 0 Å². The van der Waals surface area contributed by atoms with E-state index < -0.39 is 0 Å². The molecule has 0 aliphatic heterocycles. The summed E-state index contributed by atoms with van der Waals surface area (Å²) in [5.41, 5.74) is 0. The monoisotopic (exact) mass is 109 g/mol. The van der Waals surface area contributed by atoms with Gasteiger partial charge in [0.15, 0.2) is 0 Å². The van der Waals surface area contributed by atoms with E-state index in [0.717, 1.165) is 0 Å². The predicted molar refractivity (Wildman–Crippen MR) is 16.5 cm³/mol.